The molecule has 0 bridgehead atoms. The average molecular weight is 300 g/mol. The Balaban J connectivity index is 2.04. The Bertz CT molecular complexity index is 713. The number of ether oxygens (including phenoxy) is 1. The maximum atomic E-state index is 12.0. The summed E-state index contributed by atoms with van der Waals surface area (Å²) in [4.78, 5) is 23.9. The van der Waals surface area contributed by atoms with Crippen molar-refractivity contribution in [2.24, 2.45) is 0 Å². The summed E-state index contributed by atoms with van der Waals surface area (Å²) >= 11 is 0. The van der Waals surface area contributed by atoms with Gasteiger partial charge >= 0.3 is 0 Å². The molecule has 0 atom stereocenters. The van der Waals surface area contributed by atoms with Crippen LogP contribution in [0.2, 0.25) is 0 Å². The number of aryl methyl sites for hydroxylation is 1. The van der Waals surface area contributed by atoms with Crippen LogP contribution in [0.25, 0.3) is 0 Å². The van der Waals surface area contributed by atoms with Crippen LogP contribution in [0.15, 0.2) is 42.5 Å². The fourth-order valence-corrected chi connectivity index (χ4v) is 1.88. The second-order valence-corrected chi connectivity index (χ2v) is 4.61. The number of hydrogen-bond acceptors (Lipinski definition) is 4. The van der Waals surface area contributed by atoms with Crippen LogP contribution >= 0.6 is 0 Å². The van der Waals surface area contributed by atoms with Crippen molar-refractivity contribution in [1.82, 2.24) is 10.9 Å². The van der Waals surface area contributed by atoms with Crippen molar-refractivity contribution in [3.8, 4) is 11.5 Å². The smallest absolute Gasteiger partial charge is 0.273 e. The van der Waals surface area contributed by atoms with Crippen LogP contribution in [-0.4, -0.2) is 24.0 Å². The van der Waals surface area contributed by atoms with E-state index in [9.17, 15) is 14.7 Å². The summed E-state index contributed by atoms with van der Waals surface area (Å²) in [6.07, 6.45) is 0. The number of methoxy groups -OCH3 is 1. The summed E-state index contributed by atoms with van der Waals surface area (Å²) in [6, 6.07) is 11.0. The lowest BCUT2D eigenvalue weighted by atomic mass is 10.1. The maximum absolute atomic E-state index is 12.0. The molecule has 0 unspecified atom stereocenters. The summed E-state index contributed by atoms with van der Waals surface area (Å²) in [5.74, 6) is -0.668. The summed E-state index contributed by atoms with van der Waals surface area (Å²) in [5, 5.41) is 9.57. The zero-order chi connectivity index (χ0) is 16.1. The first-order chi connectivity index (χ1) is 10.5. The van der Waals surface area contributed by atoms with Crippen LogP contribution < -0.4 is 15.6 Å². The third-order valence-corrected chi connectivity index (χ3v) is 3.11. The molecule has 6 heteroatoms. The minimum atomic E-state index is -0.606. The number of hydrogen-bond donors (Lipinski definition) is 3. The molecule has 0 aromatic heterocycles. The SMILES string of the molecule is COc1cc(C(=O)NNC(=O)c2ccccc2O)ccc1C. The molecular formula is C16H16N2O4. The van der Waals surface area contributed by atoms with E-state index in [4.69, 9.17) is 4.74 Å². The predicted molar refractivity (Wildman–Crippen MR) is 80.8 cm³/mol. The molecule has 114 valence electrons. The predicted octanol–water partition coefficient (Wildman–Crippen LogP) is 1.78. The number of benzene rings is 2. The van der Waals surface area contributed by atoms with E-state index in [0.29, 0.717) is 11.3 Å². The van der Waals surface area contributed by atoms with Crippen LogP contribution in [0, 0.1) is 6.92 Å². The van der Waals surface area contributed by atoms with Gasteiger partial charge in [0.2, 0.25) is 0 Å². The molecule has 0 saturated heterocycles. The van der Waals surface area contributed by atoms with Crippen molar-refractivity contribution in [3.63, 3.8) is 0 Å². The third kappa shape index (κ3) is 3.35. The van der Waals surface area contributed by atoms with Crippen molar-refractivity contribution < 1.29 is 19.4 Å². The fraction of sp³-hybridized carbons (Fsp3) is 0.125. The van der Waals surface area contributed by atoms with Crippen molar-refractivity contribution in [3.05, 3.63) is 59.2 Å². The van der Waals surface area contributed by atoms with Gasteiger partial charge in [-0.1, -0.05) is 18.2 Å². The van der Waals surface area contributed by atoms with Gasteiger partial charge in [0, 0.05) is 5.56 Å². The van der Waals surface area contributed by atoms with E-state index in [-0.39, 0.29) is 11.3 Å². The van der Waals surface area contributed by atoms with Crippen molar-refractivity contribution in [1.29, 1.82) is 0 Å². The molecular weight excluding hydrogens is 284 g/mol. The van der Waals surface area contributed by atoms with E-state index >= 15 is 0 Å². The Hall–Kier alpha value is -3.02. The molecule has 0 heterocycles. The molecule has 22 heavy (non-hydrogen) atoms. The molecule has 0 aliphatic heterocycles. The number of rotatable bonds is 3. The number of carbonyl (C=O) groups excluding carboxylic acids is 2. The maximum Gasteiger partial charge on any atom is 0.273 e. The highest BCUT2D eigenvalue weighted by molar-refractivity contribution is 6.00. The summed E-state index contributed by atoms with van der Waals surface area (Å²) < 4.78 is 5.15. The topological polar surface area (TPSA) is 87.7 Å². The summed E-state index contributed by atoms with van der Waals surface area (Å²) in [5.41, 5.74) is 5.86. The Morgan fingerprint density at radius 1 is 1.05 bits per heavy atom. The van der Waals surface area contributed by atoms with Gasteiger partial charge in [0.15, 0.2) is 0 Å². The van der Waals surface area contributed by atoms with Crippen LogP contribution in [0.1, 0.15) is 26.3 Å². The number of amides is 2. The monoisotopic (exact) mass is 300 g/mol. The van der Waals surface area contributed by atoms with Crippen LogP contribution in [-0.2, 0) is 0 Å². The lowest BCUT2D eigenvalue weighted by Gasteiger charge is -2.10. The van der Waals surface area contributed by atoms with E-state index in [2.05, 4.69) is 10.9 Å². The molecule has 0 spiro atoms. The van der Waals surface area contributed by atoms with Gasteiger partial charge in [-0.2, -0.15) is 0 Å². The summed E-state index contributed by atoms with van der Waals surface area (Å²) in [6.45, 7) is 1.86. The molecule has 0 saturated carbocycles. The van der Waals surface area contributed by atoms with Gasteiger partial charge < -0.3 is 9.84 Å². The molecule has 2 amide bonds. The first kappa shape index (κ1) is 15.4. The second kappa shape index (κ2) is 6.62. The number of aromatic hydroxyl groups is 1. The Kier molecular flexibility index (Phi) is 4.63. The third-order valence-electron chi connectivity index (χ3n) is 3.11. The van der Waals surface area contributed by atoms with E-state index in [0.717, 1.165) is 5.56 Å². The second-order valence-electron chi connectivity index (χ2n) is 4.61. The van der Waals surface area contributed by atoms with Gasteiger partial charge in [-0.3, -0.25) is 20.4 Å². The zero-order valence-corrected chi connectivity index (χ0v) is 12.2. The normalized spacial score (nSPS) is 9.91. The van der Waals surface area contributed by atoms with Crippen molar-refractivity contribution in [2.75, 3.05) is 7.11 Å². The number of carbonyl (C=O) groups is 2. The molecule has 2 aromatic rings. The van der Waals surface area contributed by atoms with Crippen LogP contribution in [0.5, 0.6) is 11.5 Å². The van der Waals surface area contributed by atoms with Crippen LogP contribution in [0.3, 0.4) is 0 Å². The van der Waals surface area contributed by atoms with Gasteiger partial charge in [-0.05, 0) is 36.8 Å². The number of phenolic OH excluding ortho intramolecular Hbond substituents is 1. The van der Waals surface area contributed by atoms with Gasteiger partial charge in [0.1, 0.15) is 11.5 Å². The Morgan fingerprint density at radius 2 is 1.73 bits per heavy atom. The molecule has 0 aliphatic rings. The lowest BCUT2D eigenvalue weighted by molar-refractivity contribution is 0.0845. The van der Waals surface area contributed by atoms with E-state index < -0.39 is 11.8 Å². The minimum absolute atomic E-state index is 0.0734. The van der Waals surface area contributed by atoms with Gasteiger partial charge in [0.25, 0.3) is 11.8 Å². The van der Waals surface area contributed by atoms with E-state index in [1.165, 1.54) is 19.2 Å². The number of nitrogens with one attached hydrogen (secondary N) is 2. The lowest BCUT2D eigenvalue weighted by Crippen LogP contribution is -2.41. The van der Waals surface area contributed by atoms with Crippen molar-refractivity contribution >= 4 is 11.8 Å². The largest absolute Gasteiger partial charge is 0.507 e. The van der Waals surface area contributed by atoms with Gasteiger partial charge in [0.05, 0.1) is 12.7 Å². The average Bonchev–Trinajstić information content (AvgIpc) is 2.53. The Morgan fingerprint density at radius 3 is 2.41 bits per heavy atom. The fourth-order valence-electron chi connectivity index (χ4n) is 1.88. The van der Waals surface area contributed by atoms with Gasteiger partial charge in [-0.15, -0.1) is 0 Å². The molecule has 2 aromatic carbocycles. The number of phenols is 1. The first-order valence-electron chi connectivity index (χ1n) is 6.56. The standard InChI is InChI=1S/C16H16N2O4/c1-10-7-8-11(9-14(10)22-2)15(20)17-18-16(21)12-5-3-4-6-13(12)19/h3-9,19H,1-2H3,(H,17,20)(H,18,21). The van der Waals surface area contributed by atoms with Gasteiger partial charge in [-0.25, -0.2) is 0 Å². The zero-order valence-electron chi connectivity index (χ0n) is 12.2. The molecule has 3 N–H and O–H groups in total. The highest BCUT2D eigenvalue weighted by atomic mass is 16.5. The molecule has 6 nitrogen and oxygen atoms in total. The molecule has 0 radical (unpaired) electrons. The first-order valence-corrected chi connectivity index (χ1v) is 6.56. The van der Waals surface area contributed by atoms with E-state index in [1.54, 1.807) is 30.3 Å². The molecule has 0 fully saturated rings. The summed E-state index contributed by atoms with van der Waals surface area (Å²) in [7, 11) is 1.52. The quantitative estimate of drug-likeness (QED) is 0.754. The van der Waals surface area contributed by atoms with E-state index in [1.807, 2.05) is 6.92 Å². The number of hydrazine groups is 1. The molecule has 2 rings (SSSR count). The highest BCUT2D eigenvalue weighted by Crippen LogP contribution is 2.19. The highest BCUT2D eigenvalue weighted by Gasteiger charge is 2.13. The van der Waals surface area contributed by atoms with Crippen molar-refractivity contribution in [2.45, 2.75) is 6.92 Å². The Labute approximate surface area is 127 Å². The van der Waals surface area contributed by atoms with Crippen LogP contribution in [0.4, 0.5) is 0 Å². The number of para-hydroxylation sites is 1. The molecule has 0 aliphatic carbocycles. The minimum Gasteiger partial charge on any atom is -0.507 e.